The number of nitrogens with two attached hydrogens (primary N) is 2. The molecule has 0 radical (unpaired) electrons. The van der Waals surface area contributed by atoms with Gasteiger partial charge in [-0.2, -0.15) is 0 Å². The van der Waals surface area contributed by atoms with Gasteiger partial charge in [0.15, 0.2) is 0 Å². The minimum Gasteiger partial charge on any atom is -0.374 e. The standard InChI is InChI=1S/C10H24N2O/c1-6-9(11,13)10(12,7(2)3)8(4)5/h7-8,13H,6,11-12H2,1-5H3. The van der Waals surface area contributed by atoms with Crippen LogP contribution in [0.15, 0.2) is 0 Å². The van der Waals surface area contributed by atoms with E-state index in [1.165, 1.54) is 0 Å². The Bertz CT molecular complexity index is 156. The van der Waals surface area contributed by atoms with Crippen LogP contribution in [0.2, 0.25) is 0 Å². The van der Waals surface area contributed by atoms with Crippen LogP contribution in [0.3, 0.4) is 0 Å². The van der Waals surface area contributed by atoms with Crippen LogP contribution < -0.4 is 11.5 Å². The number of aliphatic hydroxyl groups is 1. The molecule has 0 aromatic carbocycles. The molecule has 5 N–H and O–H groups in total. The molecule has 0 amide bonds. The van der Waals surface area contributed by atoms with Crippen molar-refractivity contribution in [2.75, 3.05) is 0 Å². The number of rotatable bonds is 4. The molecular formula is C10H24N2O. The molecular weight excluding hydrogens is 164 g/mol. The van der Waals surface area contributed by atoms with E-state index in [0.29, 0.717) is 6.42 Å². The predicted molar refractivity (Wildman–Crippen MR) is 56.0 cm³/mol. The van der Waals surface area contributed by atoms with Crippen molar-refractivity contribution in [3.8, 4) is 0 Å². The Labute approximate surface area is 81.5 Å². The van der Waals surface area contributed by atoms with Crippen molar-refractivity contribution < 1.29 is 5.11 Å². The van der Waals surface area contributed by atoms with Crippen molar-refractivity contribution in [1.82, 2.24) is 0 Å². The summed E-state index contributed by atoms with van der Waals surface area (Å²) in [6.45, 7) is 9.83. The molecule has 0 spiro atoms. The summed E-state index contributed by atoms with van der Waals surface area (Å²) in [7, 11) is 0. The number of hydrogen-bond donors (Lipinski definition) is 3. The molecule has 0 aromatic rings. The lowest BCUT2D eigenvalue weighted by molar-refractivity contribution is -0.0757. The summed E-state index contributed by atoms with van der Waals surface area (Å²) >= 11 is 0. The topological polar surface area (TPSA) is 72.3 Å². The van der Waals surface area contributed by atoms with Crippen LogP contribution in [-0.2, 0) is 0 Å². The summed E-state index contributed by atoms with van der Waals surface area (Å²) in [5, 5.41) is 10.0. The minimum atomic E-state index is -1.28. The maximum Gasteiger partial charge on any atom is 0.131 e. The maximum absolute atomic E-state index is 10.0. The van der Waals surface area contributed by atoms with E-state index in [1.54, 1.807) is 0 Å². The molecule has 0 aliphatic heterocycles. The fourth-order valence-corrected chi connectivity index (χ4v) is 1.97. The van der Waals surface area contributed by atoms with Gasteiger partial charge in [0, 0.05) is 0 Å². The smallest absolute Gasteiger partial charge is 0.131 e. The Morgan fingerprint density at radius 1 is 1.08 bits per heavy atom. The van der Waals surface area contributed by atoms with Crippen molar-refractivity contribution in [1.29, 1.82) is 0 Å². The van der Waals surface area contributed by atoms with E-state index in [-0.39, 0.29) is 11.8 Å². The first-order valence-corrected chi connectivity index (χ1v) is 5.00. The van der Waals surface area contributed by atoms with E-state index in [9.17, 15) is 5.11 Å². The van der Waals surface area contributed by atoms with E-state index < -0.39 is 11.3 Å². The lowest BCUT2D eigenvalue weighted by atomic mass is 9.69. The summed E-state index contributed by atoms with van der Waals surface area (Å²) in [4.78, 5) is 0. The lowest BCUT2D eigenvalue weighted by Crippen LogP contribution is -2.71. The van der Waals surface area contributed by atoms with Crippen LogP contribution in [0, 0.1) is 11.8 Å². The molecule has 0 bridgehead atoms. The molecule has 3 nitrogen and oxygen atoms in total. The van der Waals surface area contributed by atoms with Gasteiger partial charge in [-0.15, -0.1) is 0 Å². The molecule has 0 saturated carbocycles. The SMILES string of the molecule is CCC(N)(O)C(N)(C(C)C)C(C)C. The highest BCUT2D eigenvalue weighted by molar-refractivity contribution is 5.03. The Kier molecular flexibility index (Phi) is 3.91. The van der Waals surface area contributed by atoms with E-state index in [2.05, 4.69) is 0 Å². The highest BCUT2D eigenvalue weighted by atomic mass is 16.3. The Hall–Kier alpha value is -0.120. The van der Waals surface area contributed by atoms with E-state index in [1.807, 2.05) is 34.6 Å². The molecule has 1 atom stereocenters. The van der Waals surface area contributed by atoms with Gasteiger partial charge in [-0.25, -0.2) is 0 Å². The van der Waals surface area contributed by atoms with Crippen LogP contribution in [0.4, 0.5) is 0 Å². The molecule has 0 rings (SSSR count). The van der Waals surface area contributed by atoms with E-state index in [0.717, 1.165) is 0 Å². The van der Waals surface area contributed by atoms with Gasteiger partial charge in [0.1, 0.15) is 5.72 Å². The Morgan fingerprint density at radius 3 is 1.46 bits per heavy atom. The normalized spacial score (nSPS) is 18.0. The average molecular weight is 188 g/mol. The largest absolute Gasteiger partial charge is 0.374 e. The first-order chi connectivity index (χ1) is 5.70. The second-order valence-corrected chi connectivity index (χ2v) is 4.52. The fourth-order valence-electron chi connectivity index (χ4n) is 1.97. The zero-order chi connectivity index (χ0) is 10.9. The monoisotopic (exact) mass is 188 g/mol. The second kappa shape index (κ2) is 3.95. The highest BCUT2D eigenvalue weighted by Gasteiger charge is 2.48. The summed E-state index contributed by atoms with van der Waals surface area (Å²) in [5.41, 5.74) is 10.0. The van der Waals surface area contributed by atoms with Gasteiger partial charge in [-0.3, -0.25) is 0 Å². The van der Waals surface area contributed by atoms with Gasteiger partial charge < -0.3 is 16.6 Å². The van der Waals surface area contributed by atoms with Crippen molar-refractivity contribution in [3.63, 3.8) is 0 Å². The fraction of sp³-hybridized carbons (Fsp3) is 1.00. The average Bonchev–Trinajstić information content (AvgIpc) is 2.01. The van der Waals surface area contributed by atoms with Crippen molar-refractivity contribution >= 4 is 0 Å². The molecule has 0 aromatic heterocycles. The van der Waals surface area contributed by atoms with Gasteiger partial charge in [0.2, 0.25) is 0 Å². The van der Waals surface area contributed by atoms with Gasteiger partial charge in [-0.05, 0) is 18.3 Å². The third-order valence-corrected chi connectivity index (χ3v) is 3.20. The van der Waals surface area contributed by atoms with Gasteiger partial charge in [-0.1, -0.05) is 34.6 Å². The molecule has 0 heterocycles. The van der Waals surface area contributed by atoms with Crippen LogP contribution in [0.5, 0.6) is 0 Å². The van der Waals surface area contributed by atoms with Crippen LogP contribution >= 0.6 is 0 Å². The molecule has 1 unspecified atom stereocenters. The van der Waals surface area contributed by atoms with Crippen LogP contribution in [-0.4, -0.2) is 16.4 Å². The third kappa shape index (κ3) is 2.03. The second-order valence-electron chi connectivity index (χ2n) is 4.52. The molecule has 3 heteroatoms. The van der Waals surface area contributed by atoms with Gasteiger partial charge >= 0.3 is 0 Å². The number of hydrogen-bond acceptors (Lipinski definition) is 3. The van der Waals surface area contributed by atoms with E-state index >= 15 is 0 Å². The Balaban J connectivity index is 5.01. The third-order valence-electron chi connectivity index (χ3n) is 3.20. The predicted octanol–water partition coefficient (Wildman–Crippen LogP) is 1.05. The van der Waals surface area contributed by atoms with Crippen molar-refractivity contribution in [2.24, 2.45) is 23.3 Å². The van der Waals surface area contributed by atoms with Gasteiger partial charge in [0.25, 0.3) is 0 Å². The lowest BCUT2D eigenvalue weighted by Gasteiger charge is -2.48. The molecule has 0 saturated heterocycles. The van der Waals surface area contributed by atoms with Crippen molar-refractivity contribution in [3.05, 3.63) is 0 Å². The minimum absolute atomic E-state index is 0.155. The first-order valence-electron chi connectivity index (χ1n) is 5.00. The summed E-state index contributed by atoms with van der Waals surface area (Å²) < 4.78 is 0. The maximum atomic E-state index is 10.0. The van der Waals surface area contributed by atoms with Gasteiger partial charge in [0.05, 0.1) is 5.54 Å². The summed E-state index contributed by atoms with van der Waals surface area (Å²) in [5.74, 6) is 0.310. The summed E-state index contributed by atoms with van der Waals surface area (Å²) in [6, 6.07) is 0. The molecule has 0 aliphatic carbocycles. The molecule has 13 heavy (non-hydrogen) atoms. The molecule has 80 valence electrons. The van der Waals surface area contributed by atoms with Crippen LogP contribution in [0.25, 0.3) is 0 Å². The zero-order valence-corrected chi connectivity index (χ0v) is 9.46. The zero-order valence-electron chi connectivity index (χ0n) is 9.46. The molecule has 0 aliphatic rings. The van der Waals surface area contributed by atoms with Crippen LogP contribution in [0.1, 0.15) is 41.0 Å². The van der Waals surface area contributed by atoms with E-state index in [4.69, 9.17) is 11.5 Å². The first kappa shape index (κ1) is 12.9. The highest BCUT2D eigenvalue weighted by Crippen LogP contribution is 2.33. The van der Waals surface area contributed by atoms with Crippen molar-refractivity contribution in [2.45, 2.75) is 52.3 Å². The summed E-state index contributed by atoms with van der Waals surface area (Å²) in [6.07, 6.45) is 0.472. The molecule has 0 fully saturated rings. The quantitative estimate of drug-likeness (QED) is 0.577. The Morgan fingerprint density at radius 2 is 1.38 bits per heavy atom.